The SMILES string of the molecule is O=Cc1ccc(Oc2ccc(F)cc2Br)o1. The molecule has 0 N–H and O–H groups in total. The first-order chi connectivity index (χ1) is 7.69. The van der Waals surface area contributed by atoms with Crippen molar-refractivity contribution < 1.29 is 18.3 Å². The van der Waals surface area contributed by atoms with Crippen LogP contribution in [0.5, 0.6) is 11.7 Å². The van der Waals surface area contributed by atoms with Crippen molar-refractivity contribution in [3.63, 3.8) is 0 Å². The van der Waals surface area contributed by atoms with Gasteiger partial charge in [-0.2, -0.15) is 0 Å². The van der Waals surface area contributed by atoms with Gasteiger partial charge < -0.3 is 9.15 Å². The maximum Gasteiger partial charge on any atom is 0.290 e. The van der Waals surface area contributed by atoms with Crippen LogP contribution in [0.3, 0.4) is 0 Å². The summed E-state index contributed by atoms with van der Waals surface area (Å²) in [4.78, 5) is 10.4. The van der Waals surface area contributed by atoms with E-state index in [-0.39, 0.29) is 17.5 Å². The molecule has 0 saturated carbocycles. The fourth-order valence-corrected chi connectivity index (χ4v) is 1.55. The van der Waals surface area contributed by atoms with Gasteiger partial charge in [0.15, 0.2) is 12.0 Å². The van der Waals surface area contributed by atoms with Crippen LogP contribution in [0, 0.1) is 5.82 Å². The molecule has 0 radical (unpaired) electrons. The van der Waals surface area contributed by atoms with Crippen LogP contribution in [-0.2, 0) is 0 Å². The normalized spacial score (nSPS) is 10.1. The highest BCUT2D eigenvalue weighted by Gasteiger charge is 2.07. The summed E-state index contributed by atoms with van der Waals surface area (Å²) in [5, 5.41) is 0. The molecule has 0 unspecified atom stereocenters. The zero-order chi connectivity index (χ0) is 11.5. The molecule has 0 spiro atoms. The molecule has 1 aromatic heterocycles. The number of carbonyl (C=O) groups excluding carboxylic acids is 1. The number of hydrogen-bond acceptors (Lipinski definition) is 3. The number of rotatable bonds is 3. The van der Waals surface area contributed by atoms with Crippen LogP contribution in [0.1, 0.15) is 10.6 Å². The van der Waals surface area contributed by atoms with Crippen LogP contribution < -0.4 is 4.74 Å². The second-order valence-corrected chi connectivity index (χ2v) is 3.81. The molecule has 0 aliphatic carbocycles. The fourth-order valence-electron chi connectivity index (χ4n) is 1.12. The van der Waals surface area contributed by atoms with Crippen molar-refractivity contribution in [3.05, 3.63) is 46.4 Å². The summed E-state index contributed by atoms with van der Waals surface area (Å²) in [7, 11) is 0. The first kappa shape index (κ1) is 10.9. The molecule has 0 fully saturated rings. The van der Waals surface area contributed by atoms with Gasteiger partial charge in [-0.05, 0) is 40.2 Å². The van der Waals surface area contributed by atoms with Crippen molar-refractivity contribution in [3.8, 4) is 11.7 Å². The quantitative estimate of drug-likeness (QED) is 0.805. The highest BCUT2D eigenvalue weighted by atomic mass is 79.9. The Hall–Kier alpha value is -1.62. The highest BCUT2D eigenvalue weighted by Crippen LogP contribution is 2.30. The molecule has 0 atom stereocenters. The van der Waals surface area contributed by atoms with Crippen LogP contribution in [0.25, 0.3) is 0 Å². The summed E-state index contributed by atoms with van der Waals surface area (Å²) in [6.45, 7) is 0. The van der Waals surface area contributed by atoms with Gasteiger partial charge in [0, 0.05) is 6.07 Å². The Morgan fingerprint density at radius 1 is 1.31 bits per heavy atom. The van der Waals surface area contributed by atoms with E-state index in [1.165, 1.54) is 30.3 Å². The van der Waals surface area contributed by atoms with E-state index in [1.807, 2.05) is 0 Å². The van der Waals surface area contributed by atoms with Gasteiger partial charge in [0.25, 0.3) is 5.95 Å². The molecule has 1 heterocycles. The van der Waals surface area contributed by atoms with E-state index in [0.717, 1.165) is 0 Å². The number of carbonyl (C=O) groups is 1. The fraction of sp³-hybridized carbons (Fsp3) is 0. The molecule has 0 saturated heterocycles. The maximum atomic E-state index is 12.8. The first-order valence-corrected chi connectivity index (χ1v) is 5.16. The molecule has 0 aliphatic heterocycles. The molecular weight excluding hydrogens is 279 g/mol. The van der Waals surface area contributed by atoms with Crippen LogP contribution in [0.2, 0.25) is 0 Å². The largest absolute Gasteiger partial charge is 0.425 e. The van der Waals surface area contributed by atoms with Gasteiger partial charge in [-0.15, -0.1) is 0 Å². The third-order valence-electron chi connectivity index (χ3n) is 1.82. The van der Waals surface area contributed by atoms with Crippen LogP contribution in [-0.4, -0.2) is 6.29 Å². The van der Waals surface area contributed by atoms with Crippen molar-refractivity contribution >= 4 is 22.2 Å². The topological polar surface area (TPSA) is 39.4 Å². The minimum absolute atomic E-state index is 0.174. The Morgan fingerprint density at radius 3 is 2.75 bits per heavy atom. The number of ether oxygens (including phenoxy) is 1. The molecule has 0 amide bonds. The molecule has 3 nitrogen and oxygen atoms in total. The molecule has 2 aromatic rings. The van der Waals surface area contributed by atoms with E-state index in [2.05, 4.69) is 15.9 Å². The van der Waals surface area contributed by atoms with E-state index in [9.17, 15) is 9.18 Å². The molecule has 5 heteroatoms. The Labute approximate surface area is 99.0 Å². The van der Waals surface area contributed by atoms with Crippen molar-refractivity contribution in [1.29, 1.82) is 0 Å². The number of halogens is 2. The van der Waals surface area contributed by atoms with Crippen molar-refractivity contribution in [2.24, 2.45) is 0 Å². The Bertz CT molecular complexity index is 522. The number of hydrogen-bond donors (Lipinski definition) is 0. The second-order valence-electron chi connectivity index (χ2n) is 2.95. The van der Waals surface area contributed by atoms with Gasteiger partial charge in [-0.25, -0.2) is 4.39 Å². The lowest BCUT2D eigenvalue weighted by molar-refractivity contribution is 0.109. The smallest absolute Gasteiger partial charge is 0.290 e. The lowest BCUT2D eigenvalue weighted by Crippen LogP contribution is -1.84. The molecule has 1 aromatic carbocycles. The van der Waals surface area contributed by atoms with Gasteiger partial charge in [0.05, 0.1) is 4.47 Å². The third-order valence-corrected chi connectivity index (χ3v) is 2.44. The average Bonchev–Trinajstić information content (AvgIpc) is 2.70. The zero-order valence-corrected chi connectivity index (χ0v) is 9.53. The van der Waals surface area contributed by atoms with Crippen molar-refractivity contribution in [2.75, 3.05) is 0 Å². The third kappa shape index (κ3) is 2.30. The van der Waals surface area contributed by atoms with Gasteiger partial charge >= 0.3 is 0 Å². The summed E-state index contributed by atoms with van der Waals surface area (Å²) in [6, 6.07) is 7.00. The van der Waals surface area contributed by atoms with Gasteiger partial charge in [0.2, 0.25) is 0 Å². The number of benzene rings is 1. The highest BCUT2D eigenvalue weighted by molar-refractivity contribution is 9.10. The lowest BCUT2D eigenvalue weighted by atomic mass is 10.3. The lowest BCUT2D eigenvalue weighted by Gasteiger charge is -2.03. The van der Waals surface area contributed by atoms with E-state index >= 15 is 0 Å². The van der Waals surface area contributed by atoms with Crippen LogP contribution in [0.4, 0.5) is 4.39 Å². The summed E-state index contributed by atoms with van der Waals surface area (Å²) >= 11 is 3.15. The predicted octanol–water partition coefficient (Wildman–Crippen LogP) is 3.79. The average molecular weight is 285 g/mol. The van der Waals surface area contributed by atoms with Crippen molar-refractivity contribution in [2.45, 2.75) is 0 Å². The molecule has 16 heavy (non-hydrogen) atoms. The van der Waals surface area contributed by atoms with E-state index in [4.69, 9.17) is 9.15 Å². The molecule has 2 rings (SSSR count). The number of aldehydes is 1. The van der Waals surface area contributed by atoms with Crippen molar-refractivity contribution in [1.82, 2.24) is 0 Å². The first-order valence-electron chi connectivity index (χ1n) is 4.37. The zero-order valence-electron chi connectivity index (χ0n) is 7.94. The van der Waals surface area contributed by atoms with Crippen LogP contribution >= 0.6 is 15.9 Å². The van der Waals surface area contributed by atoms with E-state index < -0.39 is 0 Å². The number of furan rings is 1. The van der Waals surface area contributed by atoms with Gasteiger partial charge in [0.1, 0.15) is 11.6 Å². The predicted molar refractivity (Wildman–Crippen MR) is 58.3 cm³/mol. The monoisotopic (exact) mass is 284 g/mol. The Balaban J connectivity index is 2.23. The van der Waals surface area contributed by atoms with Gasteiger partial charge in [-0.1, -0.05) is 0 Å². The summed E-state index contributed by atoms with van der Waals surface area (Å²) in [6.07, 6.45) is 0.576. The Kier molecular flexibility index (Phi) is 3.05. The maximum absolute atomic E-state index is 12.8. The van der Waals surface area contributed by atoms with E-state index in [0.29, 0.717) is 16.5 Å². The minimum atomic E-state index is -0.368. The second kappa shape index (κ2) is 4.49. The molecule has 0 bridgehead atoms. The minimum Gasteiger partial charge on any atom is -0.425 e. The summed E-state index contributed by atoms with van der Waals surface area (Å²) in [5.74, 6) is 0.392. The Morgan fingerprint density at radius 2 is 2.12 bits per heavy atom. The summed E-state index contributed by atoms with van der Waals surface area (Å²) in [5.41, 5.74) is 0. The standard InChI is InChI=1S/C11H6BrFO3/c12-9-5-7(13)1-3-10(9)16-11-4-2-8(6-14)15-11/h1-6H. The molecule has 0 aliphatic rings. The molecule has 82 valence electrons. The van der Waals surface area contributed by atoms with Crippen LogP contribution in [0.15, 0.2) is 39.2 Å². The summed E-state index contributed by atoms with van der Waals surface area (Å²) < 4.78 is 23.6. The van der Waals surface area contributed by atoms with E-state index in [1.54, 1.807) is 0 Å². The molecular formula is C11H6BrFO3. The van der Waals surface area contributed by atoms with Gasteiger partial charge in [-0.3, -0.25) is 4.79 Å².